The molecule has 0 spiro atoms. The topological polar surface area (TPSA) is 0 Å². The van der Waals surface area contributed by atoms with Crippen LogP contribution in [0.4, 0.5) is 0 Å². The maximum Gasteiger partial charge on any atom is -0.0345 e. The third-order valence-electron chi connectivity index (χ3n) is 3.01. The van der Waals surface area contributed by atoms with Gasteiger partial charge in [-0.2, -0.15) is 0 Å². The molecule has 5 unspecified atom stereocenters. The van der Waals surface area contributed by atoms with Crippen molar-refractivity contribution in [3.63, 3.8) is 0 Å². The molecule has 1 aliphatic carbocycles. The van der Waals surface area contributed by atoms with Crippen molar-refractivity contribution >= 4 is 18.5 Å². The van der Waals surface area contributed by atoms with Crippen molar-refractivity contribution < 1.29 is 0 Å². The second-order valence-corrected chi connectivity index (χ2v) is 4.85. The van der Waals surface area contributed by atoms with Crippen LogP contribution in [0.2, 0.25) is 0 Å². The SMILES string of the molecule is CC1CCC(CP)C(CP)C1. The second kappa shape index (κ2) is 4.78. The van der Waals surface area contributed by atoms with E-state index in [0.29, 0.717) is 0 Å². The minimum absolute atomic E-state index is 0.980. The van der Waals surface area contributed by atoms with Gasteiger partial charge in [0.05, 0.1) is 0 Å². The van der Waals surface area contributed by atoms with E-state index < -0.39 is 0 Å². The quantitative estimate of drug-likeness (QED) is 0.587. The summed E-state index contributed by atoms with van der Waals surface area (Å²) in [5.41, 5.74) is 0. The molecule has 0 nitrogen and oxygen atoms in total. The molecular formula is C9H20P2. The fraction of sp³-hybridized carbons (Fsp3) is 1.00. The average molecular weight is 190 g/mol. The summed E-state index contributed by atoms with van der Waals surface area (Å²) in [5, 5.41) is 0. The van der Waals surface area contributed by atoms with Gasteiger partial charge in [-0.05, 0) is 42.9 Å². The lowest BCUT2D eigenvalue weighted by Gasteiger charge is -2.33. The number of hydrogen-bond acceptors (Lipinski definition) is 0. The highest BCUT2D eigenvalue weighted by molar-refractivity contribution is 7.16. The van der Waals surface area contributed by atoms with Gasteiger partial charge in [0.1, 0.15) is 0 Å². The molecule has 0 bridgehead atoms. The van der Waals surface area contributed by atoms with Crippen molar-refractivity contribution in [1.29, 1.82) is 0 Å². The van der Waals surface area contributed by atoms with Crippen molar-refractivity contribution in [1.82, 2.24) is 0 Å². The second-order valence-electron chi connectivity index (χ2n) is 3.91. The predicted molar refractivity (Wildman–Crippen MR) is 59.1 cm³/mol. The van der Waals surface area contributed by atoms with Gasteiger partial charge in [-0.15, -0.1) is 18.5 Å². The molecule has 0 aromatic rings. The summed E-state index contributed by atoms with van der Waals surface area (Å²) < 4.78 is 0. The standard InChI is InChI=1S/C9H20P2/c1-7-2-3-8(5-10)9(4-7)6-11/h7-9H,2-6,10-11H2,1H3. The van der Waals surface area contributed by atoms with E-state index in [1.54, 1.807) is 0 Å². The smallest absolute Gasteiger partial charge is 0.0345 e. The van der Waals surface area contributed by atoms with Crippen LogP contribution in [0.3, 0.4) is 0 Å². The van der Waals surface area contributed by atoms with Gasteiger partial charge >= 0.3 is 0 Å². The van der Waals surface area contributed by atoms with Crippen molar-refractivity contribution in [2.75, 3.05) is 12.3 Å². The molecule has 1 fully saturated rings. The lowest BCUT2D eigenvalue weighted by Crippen LogP contribution is -2.25. The fourth-order valence-corrected chi connectivity index (χ4v) is 3.36. The molecule has 0 aromatic carbocycles. The zero-order chi connectivity index (χ0) is 8.27. The Morgan fingerprint density at radius 3 is 2.27 bits per heavy atom. The van der Waals surface area contributed by atoms with Gasteiger partial charge in [0.25, 0.3) is 0 Å². The molecule has 0 N–H and O–H groups in total. The average Bonchev–Trinajstić information content (AvgIpc) is 2.04. The van der Waals surface area contributed by atoms with Gasteiger partial charge in [-0.1, -0.05) is 13.3 Å². The van der Waals surface area contributed by atoms with E-state index in [-0.39, 0.29) is 0 Å². The van der Waals surface area contributed by atoms with Crippen LogP contribution in [0.15, 0.2) is 0 Å². The summed E-state index contributed by atoms with van der Waals surface area (Å²) in [6.45, 7) is 2.40. The minimum atomic E-state index is 0.980. The largest absolute Gasteiger partial charge is 0.137 e. The van der Waals surface area contributed by atoms with Crippen LogP contribution in [0.5, 0.6) is 0 Å². The third kappa shape index (κ3) is 2.67. The lowest BCUT2D eigenvalue weighted by molar-refractivity contribution is 0.228. The van der Waals surface area contributed by atoms with Gasteiger partial charge in [0.15, 0.2) is 0 Å². The molecule has 0 amide bonds. The van der Waals surface area contributed by atoms with Crippen LogP contribution in [-0.2, 0) is 0 Å². The van der Waals surface area contributed by atoms with E-state index in [1.165, 1.54) is 31.6 Å². The van der Waals surface area contributed by atoms with Gasteiger partial charge in [0, 0.05) is 0 Å². The highest BCUT2D eigenvalue weighted by Gasteiger charge is 2.25. The molecule has 0 radical (unpaired) electrons. The maximum absolute atomic E-state index is 2.91. The molecule has 66 valence electrons. The third-order valence-corrected chi connectivity index (χ3v) is 4.22. The number of hydrogen-bond donors (Lipinski definition) is 0. The van der Waals surface area contributed by atoms with E-state index in [1.807, 2.05) is 0 Å². The molecule has 5 atom stereocenters. The first-order valence-electron chi connectivity index (χ1n) is 4.68. The van der Waals surface area contributed by atoms with Crippen molar-refractivity contribution in [2.45, 2.75) is 26.2 Å². The van der Waals surface area contributed by atoms with Crippen LogP contribution in [0.25, 0.3) is 0 Å². The van der Waals surface area contributed by atoms with Crippen LogP contribution < -0.4 is 0 Å². The van der Waals surface area contributed by atoms with Crippen LogP contribution in [-0.4, -0.2) is 12.3 Å². The van der Waals surface area contributed by atoms with Gasteiger partial charge < -0.3 is 0 Å². The highest BCUT2D eigenvalue weighted by atomic mass is 31.0. The maximum atomic E-state index is 2.91. The summed E-state index contributed by atoms with van der Waals surface area (Å²) in [7, 11) is 5.81. The molecule has 11 heavy (non-hydrogen) atoms. The van der Waals surface area contributed by atoms with E-state index in [0.717, 1.165) is 17.8 Å². The molecule has 1 rings (SSSR count). The minimum Gasteiger partial charge on any atom is -0.137 e. The summed E-state index contributed by atoms with van der Waals surface area (Å²) >= 11 is 0. The Labute approximate surface area is 75.3 Å². The summed E-state index contributed by atoms with van der Waals surface area (Å²) in [5.74, 6) is 2.96. The molecule has 0 heterocycles. The van der Waals surface area contributed by atoms with E-state index in [2.05, 4.69) is 25.4 Å². The van der Waals surface area contributed by atoms with Crippen LogP contribution in [0.1, 0.15) is 26.2 Å². The Balaban J connectivity index is 2.41. The van der Waals surface area contributed by atoms with Gasteiger partial charge in [-0.3, -0.25) is 0 Å². The normalized spacial score (nSPS) is 39.0. The molecular weight excluding hydrogens is 170 g/mol. The summed E-state index contributed by atoms with van der Waals surface area (Å²) in [6.07, 6.45) is 7.00. The number of rotatable bonds is 2. The molecule has 0 aliphatic heterocycles. The lowest BCUT2D eigenvalue weighted by atomic mass is 9.76. The first-order chi connectivity index (χ1) is 5.27. The van der Waals surface area contributed by atoms with Gasteiger partial charge in [-0.25, -0.2) is 0 Å². The Morgan fingerprint density at radius 1 is 1.09 bits per heavy atom. The Hall–Kier alpha value is 0.860. The van der Waals surface area contributed by atoms with Crippen molar-refractivity contribution in [3.8, 4) is 0 Å². The fourth-order valence-electron chi connectivity index (χ4n) is 2.16. The first kappa shape index (κ1) is 9.94. The zero-order valence-corrected chi connectivity index (χ0v) is 9.73. The Morgan fingerprint density at radius 2 is 1.73 bits per heavy atom. The first-order valence-corrected chi connectivity index (χ1v) is 6.31. The predicted octanol–water partition coefficient (Wildman–Crippen LogP) is 2.79. The van der Waals surface area contributed by atoms with E-state index >= 15 is 0 Å². The Bertz CT molecular complexity index is 114. The van der Waals surface area contributed by atoms with Crippen LogP contribution >= 0.6 is 18.5 Å². The molecule has 2 heteroatoms. The highest BCUT2D eigenvalue weighted by Crippen LogP contribution is 2.35. The van der Waals surface area contributed by atoms with E-state index in [4.69, 9.17) is 0 Å². The zero-order valence-electron chi connectivity index (χ0n) is 7.42. The summed E-state index contributed by atoms with van der Waals surface area (Å²) in [6, 6.07) is 0. The van der Waals surface area contributed by atoms with Crippen LogP contribution in [0, 0.1) is 17.8 Å². The van der Waals surface area contributed by atoms with Crippen molar-refractivity contribution in [2.24, 2.45) is 17.8 Å². The Kier molecular flexibility index (Phi) is 4.32. The summed E-state index contributed by atoms with van der Waals surface area (Å²) in [4.78, 5) is 0. The van der Waals surface area contributed by atoms with Crippen molar-refractivity contribution in [3.05, 3.63) is 0 Å². The van der Waals surface area contributed by atoms with E-state index in [9.17, 15) is 0 Å². The molecule has 0 saturated heterocycles. The molecule has 0 aromatic heterocycles. The monoisotopic (exact) mass is 190 g/mol. The van der Waals surface area contributed by atoms with Gasteiger partial charge in [0.2, 0.25) is 0 Å². The molecule has 1 aliphatic rings. The molecule has 1 saturated carbocycles.